The molecule has 6 heteroatoms. The van der Waals surface area contributed by atoms with Crippen molar-refractivity contribution in [3.63, 3.8) is 0 Å². The largest absolute Gasteiger partial charge is 0.451 e. The van der Waals surface area contributed by atoms with Gasteiger partial charge < -0.3 is 15.0 Å². The van der Waals surface area contributed by atoms with Crippen LogP contribution in [0.15, 0.2) is 0 Å². The van der Waals surface area contributed by atoms with E-state index in [0.717, 1.165) is 25.7 Å². The summed E-state index contributed by atoms with van der Waals surface area (Å²) in [6, 6.07) is 0. The fraction of sp³-hybridized carbons (Fsp3) is 0.870. The highest BCUT2D eigenvalue weighted by Crippen LogP contribution is 2.60. The predicted molar refractivity (Wildman–Crippen MR) is 109 cm³/mol. The van der Waals surface area contributed by atoms with Gasteiger partial charge in [-0.2, -0.15) is 0 Å². The second-order valence-electron chi connectivity index (χ2n) is 10.7. The molecule has 162 valence electrons. The lowest BCUT2D eigenvalue weighted by Gasteiger charge is -2.55. The van der Waals surface area contributed by atoms with Gasteiger partial charge in [0.2, 0.25) is 5.91 Å². The first-order chi connectivity index (χ1) is 13.7. The maximum Gasteiger partial charge on any atom is 0.326 e. The summed E-state index contributed by atoms with van der Waals surface area (Å²) in [5.74, 6) is 2.34. The number of piperidine rings is 1. The Morgan fingerprint density at radius 1 is 0.966 bits per heavy atom. The number of nitrogens with zero attached hydrogens (tertiary/aromatic N) is 1. The molecule has 4 bridgehead atoms. The zero-order valence-electron chi connectivity index (χ0n) is 18.1. The Kier molecular flexibility index (Phi) is 5.64. The van der Waals surface area contributed by atoms with Gasteiger partial charge in [-0.3, -0.25) is 14.4 Å². The molecule has 4 aliphatic carbocycles. The molecule has 4 saturated carbocycles. The normalized spacial score (nSPS) is 39.1. The molecule has 5 rings (SSSR count). The quantitative estimate of drug-likeness (QED) is 0.715. The van der Waals surface area contributed by atoms with E-state index < -0.39 is 12.1 Å². The number of rotatable bonds is 5. The smallest absolute Gasteiger partial charge is 0.326 e. The van der Waals surface area contributed by atoms with Crippen LogP contribution in [0.25, 0.3) is 0 Å². The fourth-order valence-electron chi connectivity index (χ4n) is 7.12. The molecule has 29 heavy (non-hydrogen) atoms. The minimum absolute atomic E-state index is 0.0196. The number of amides is 2. The standard InChI is InChI=1S/C23H36N2O4/c1-14-4-15(2)13-25(12-14)21(27)16(3)29-20(26)11-24-22(28)23-8-17-5-18(9-23)7-19(6-17)10-23/h14-19H,4-13H2,1-3H3,(H,24,28)/t14-,15+,16-,17?,18?,19?,23?/m1/s1. The molecule has 1 heterocycles. The van der Waals surface area contributed by atoms with Crippen molar-refractivity contribution in [3.05, 3.63) is 0 Å². The van der Waals surface area contributed by atoms with Gasteiger partial charge in [0, 0.05) is 18.5 Å². The van der Waals surface area contributed by atoms with Gasteiger partial charge in [-0.05, 0) is 81.5 Å². The molecule has 1 aliphatic heterocycles. The van der Waals surface area contributed by atoms with Crippen LogP contribution < -0.4 is 5.32 Å². The zero-order chi connectivity index (χ0) is 20.8. The van der Waals surface area contributed by atoms with Crippen LogP contribution in [-0.2, 0) is 19.1 Å². The van der Waals surface area contributed by atoms with Gasteiger partial charge in [0.25, 0.3) is 5.91 Å². The minimum Gasteiger partial charge on any atom is -0.451 e. The van der Waals surface area contributed by atoms with Crippen molar-refractivity contribution >= 4 is 17.8 Å². The van der Waals surface area contributed by atoms with E-state index in [2.05, 4.69) is 19.2 Å². The number of hydrogen-bond donors (Lipinski definition) is 1. The SMILES string of the molecule is C[C@@H]1C[C@H](C)CN(C(=O)[C@@H](C)OC(=O)CNC(=O)C23CC4CC(CC(C4)C2)C3)C1. The van der Waals surface area contributed by atoms with Crippen LogP contribution in [0.3, 0.4) is 0 Å². The van der Waals surface area contributed by atoms with E-state index in [0.29, 0.717) is 42.7 Å². The lowest BCUT2D eigenvalue weighted by Crippen LogP contribution is -2.54. The third-order valence-electron chi connectivity index (χ3n) is 7.75. The van der Waals surface area contributed by atoms with Crippen LogP contribution in [0.1, 0.15) is 65.7 Å². The third-order valence-corrected chi connectivity index (χ3v) is 7.75. The van der Waals surface area contributed by atoms with Gasteiger partial charge in [0.1, 0.15) is 6.54 Å². The van der Waals surface area contributed by atoms with Gasteiger partial charge in [-0.15, -0.1) is 0 Å². The molecule has 0 radical (unpaired) electrons. The van der Waals surface area contributed by atoms with Crippen molar-refractivity contribution in [1.82, 2.24) is 10.2 Å². The van der Waals surface area contributed by atoms with Crippen LogP contribution in [0.2, 0.25) is 0 Å². The van der Waals surface area contributed by atoms with E-state index >= 15 is 0 Å². The topological polar surface area (TPSA) is 75.7 Å². The van der Waals surface area contributed by atoms with Gasteiger partial charge in [0.15, 0.2) is 6.10 Å². The van der Waals surface area contributed by atoms with Crippen molar-refractivity contribution in [2.24, 2.45) is 35.0 Å². The highest BCUT2D eigenvalue weighted by atomic mass is 16.5. The average Bonchev–Trinajstić information content (AvgIpc) is 2.63. The summed E-state index contributed by atoms with van der Waals surface area (Å²) in [5.41, 5.74) is -0.267. The summed E-state index contributed by atoms with van der Waals surface area (Å²) >= 11 is 0. The van der Waals surface area contributed by atoms with Crippen LogP contribution in [0, 0.1) is 35.0 Å². The van der Waals surface area contributed by atoms with Crippen LogP contribution >= 0.6 is 0 Å². The maximum atomic E-state index is 12.9. The Labute approximate surface area is 174 Å². The Morgan fingerprint density at radius 3 is 2.00 bits per heavy atom. The molecule has 5 aliphatic rings. The monoisotopic (exact) mass is 404 g/mol. The summed E-state index contributed by atoms with van der Waals surface area (Å²) in [5, 5.41) is 2.84. The molecule has 0 spiro atoms. The van der Waals surface area contributed by atoms with E-state index in [1.54, 1.807) is 6.92 Å². The fourth-order valence-corrected chi connectivity index (χ4v) is 7.12. The molecule has 0 aromatic rings. The molecular weight excluding hydrogens is 368 g/mol. The molecular formula is C23H36N2O4. The third kappa shape index (κ3) is 4.31. The molecule has 2 amide bonds. The molecule has 6 nitrogen and oxygen atoms in total. The van der Waals surface area contributed by atoms with E-state index in [-0.39, 0.29) is 23.8 Å². The van der Waals surface area contributed by atoms with E-state index in [9.17, 15) is 14.4 Å². The molecule has 3 atom stereocenters. The molecule has 1 N–H and O–H groups in total. The summed E-state index contributed by atoms with van der Waals surface area (Å²) < 4.78 is 5.36. The number of carbonyl (C=O) groups excluding carboxylic acids is 3. The lowest BCUT2D eigenvalue weighted by molar-refractivity contribution is -0.161. The number of likely N-dealkylation sites (tertiary alicyclic amines) is 1. The van der Waals surface area contributed by atoms with Crippen molar-refractivity contribution in [2.45, 2.75) is 71.8 Å². The summed E-state index contributed by atoms with van der Waals surface area (Å²) in [6.07, 6.45) is 7.07. The Bertz CT molecular complexity index is 631. The van der Waals surface area contributed by atoms with Crippen molar-refractivity contribution in [1.29, 1.82) is 0 Å². The Balaban J connectivity index is 1.25. The van der Waals surface area contributed by atoms with Gasteiger partial charge >= 0.3 is 5.97 Å². The van der Waals surface area contributed by atoms with Gasteiger partial charge in [-0.25, -0.2) is 0 Å². The molecule has 0 aromatic heterocycles. The Hall–Kier alpha value is -1.59. The molecule has 5 fully saturated rings. The van der Waals surface area contributed by atoms with Crippen molar-refractivity contribution in [3.8, 4) is 0 Å². The number of ether oxygens (including phenoxy) is 1. The van der Waals surface area contributed by atoms with Crippen molar-refractivity contribution < 1.29 is 19.1 Å². The summed E-state index contributed by atoms with van der Waals surface area (Å²) in [4.78, 5) is 39.7. The van der Waals surface area contributed by atoms with Gasteiger partial charge in [0.05, 0.1) is 0 Å². The Morgan fingerprint density at radius 2 is 1.48 bits per heavy atom. The van der Waals surface area contributed by atoms with E-state index in [4.69, 9.17) is 4.74 Å². The van der Waals surface area contributed by atoms with Crippen LogP contribution in [0.4, 0.5) is 0 Å². The summed E-state index contributed by atoms with van der Waals surface area (Å²) in [6.45, 7) is 7.21. The van der Waals surface area contributed by atoms with Crippen molar-refractivity contribution in [2.75, 3.05) is 19.6 Å². The number of nitrogens with one attached hydrogen (secondary N) is 1. The second-order valence-corrected chi connectivity index (χ2v) is 10.7. The van der Waals surface area contributed by atoms with Gasteiger partial charge in [-0.1, -0.05) is 13.8 Å². The number of esters is 1. The minimum atomic E-state index is -0.809. The first-order valence-electron chi connectivity index (χ1n) is 11.5. The highest BCUT2D eigenvalue weighted by Gasteiger charge is 2.54. The van der Waals surface area contributed by atoms with Crippen LogP contribution in [-0.4, -0.2) is 48.4 Å². The first-order valence-corrected chi connectivity index (χ1v) is 11.5. The highest BCUT2D eigenvalue weighted by molar-refractivity contribution is 5.88. The van der Waals surface area contributed by atoms with Crippen LogP contribution in [0.5, 0.6) is 0 Å². The first kappa shape index (κ1) is 20.7. The number of carbonyl (C=O) groups is 3. The number of hydrogen-bond acceptors (Lipinski definition) is 4. The van der Waals surface area contributed by atoms with E-state index in [1.165, 1.54) is 19.3 Å². The molecule has 0 aromatic carbocycles. The average molecular weight is 405 g/mol. The second kappa shape index (κ2) is 7.92. The summed E-state index contributed by atoms with van der Waals surface area (Å²) in [7, 11) is 0. The van der Waals surface area contributed by atoms with E-state index in [1.807, 2.05) is 4.90 Å². The molecule has 0 unspecified atom stereocenters. The zero-order valence-corrected chi connectivity index (χ0v) is 18.1. The maximum absolute atomic E-state index is 12.9. The predicted octanol–water partition coefficient (Wildman–Crippen LogP) is 2.76. The molecule has 1 saturated heterocycles. The lowest BCUT2D eigenvalue weighted by atomic mass is 9.49.